The van der Waals surface area contributed by atoms with Gasteiger partial charge in [0, 0.05) is 16.9 Å². The Balaban J connectivity index is 0.00000301. The van der Waals surface area contributed by atoms with Crippen molar-refractivity contribution in [2.24, 2.45) is 4.99 Å². The van der Waals surface area contributed by atoms with Crippen LogP contribution in [0.3, 0.4) is 0 Å². The van der Waals surface area contributed by atoms with E-state index in [1.165, 1.54) is 0 Å². The highest BCUT2D eigenvalue weighted by atomic mass is 16.5. The average molecular weight is 358 g/mol. The molecule has 5 nitrogen and oxygen atoms in total. The number of ether oxygens (including phenoxy) is 1. The van der Waals surface area contributed by atoms with Gasteiger partial charge in [0.1, 0.15) is 6.29 Å². The molecule has 1 rings (SSSR count). The van der Waals surface area contributed by atoms with Gasteiger partial charge in [-0.05, 0) is 32.8 Å². The number of carbonyl (C=O) groups is 2. The van der Waals surface area contributed by atoms with Crippen LogP contribution in [-0.4, -0.2) is 30.6 Å². The first-order chi connectivity index (χ1) is 12.5. The van der Waals surface area contributed by atoms with Gasteiger partial charge in [0.25, 0.3) is 0 Å². The Labute approximate surface area is 156 Å². The predicted octanol–water partition coefficient (Wildman–Crippen LogP) is 4.05. The van der Waals surface area contributed by atoms with Crippen LogP contribution in [0, 0.1) is 0 Å². The van der Waals surface area contributed by atoms with E-state index in [1.54, 1.807) is 32.1 Å². The fourth-order valence-electron chi connectivity index (χ4n) is 2.16. The Morgan fingerprint density at radius 2 is 1.96 bits per heavy atom. The summed E-state index contributed by atoms with van der Waals surface area (Å²) in [5, 5.41) is 2.71. The van der Waals surface area contributed by atoms with Crippen molar-refractivity contribution in [1.82, 2.24) is 5.32 Å². The molecule has 0 spiro atoms. The van der Waals surface area contributed by atoms with E-state index in [4.69, 9.17) is 4.74 Å². The van der Waals surface area contributed by atoms with E-state index in [1.807, 2.05) is 26.0 Å². The van der Waals surface area contributed by atoms with E-state index < -0.39 is 6.04 Å². The molecule has 0 fully saturated rings. The van der Waals surface area contributed by atoms with Crippen LogP contribution in [0.1, 0.15) is 40.5 Å². The van der Waals surface area contributed by atoms with Crippen LogP contribution < -0.4 is 5.32 Å². The second-order valence-electron chi connectivity index (χ2n) is 5.24. The minimum Gasteiger partial charge on any atom is -0.477 e. The number of nitrogens with one attached hydrogen (secondary N) is 1. The van der Waals surface area contributed by atoms with Gasteiger partial charge >= 0.3 is 0 Å². The van der Waals surface area contributed by atoms with E-state index in [0.717, 1.165) is 6.29 Å². The molecule has 0 bridgehead atoms. The van der Waals surface area contributed by atoms with Gasteiger partial charge < -0.3 is 14.8 Å². The molecule has 1 N–H and O–H groups in total. The van der Waals surface area contributed by atoms with Gasteiger partial charge in [0.2, 0.25) is 11.8 Å². The van der Waals surface area contributed by atoms with Crippen LogP contribution in [0.4, 0.5) is 0 Å². The van der Waals surface area contributed by atoms with Crippen molar-refractivity contribution in [3.63, 3.8) is 0 Å². The summed E-state index contributed by atoms with van der Waals surface area (Å²) < 4.78 is 5.63. The summed E-state index contributed by atoms with van der Waals surface area (Å²) in [4.78, 5) is 27.9. The minimum absolute atomic E-state index is 0.322. The Morgan fingerprint density at radius 3 is 2.54 bits per heavy atom. The van der Waals surface area contributed by atoms with Crippen LogP contribution in [0.2, 0.25) is 0 Å². The van der Waals surface area contributed by atoms with Gasteiger partial charge in [-0.15, -0.1) is 0 Å². The van der Waals surface area contributed by atoms with Crippen molar-refractivity contribution in [1.29, 1.82) is 0 Å². The molecule has 0 radical (unpaired) electrons. The number of nitrogens with zero attached hydrogens (tertiary/aromatic N) is 1. The largest absolute Gasteiger partial charge is 0.477 e. The van der Waals surface area contributed by atoms with Gasteiger partial charge in [0.05, 0.1) is 12.6 Å². The molecule has 1 aliphatic rings. The highest BCUT2D eigenvalue weighted by molar-refractivity contribution is 6.09. The van der Waals surface area contributed by atoms with Crippen molar-refractivity contribution in [3.8, 4) is 0 Å². The fraction of sp³-hybridized carbons (Fsp3) is 0.381. The highest BCUT2D eigenvalue weighted by Gasteiger charge is 2.15. The van der Waals surface area contributed by atoms with Gasteiger partial charge in [-0.2, -0.15) is 0 Å². The van der Waals surface area contributed by atoms with Crippen molar-refractivity contribution in [3.05, 3.63) is 60.6 Å². The fourth-order valence-corrected chi connectivity index (χ4v) is 2.16. The third kappa shape index (κ3) is 7.92. The normalized spacial score (nSPS) is 26.6. The lowest BCUT2D eigenvalue weighted by Crippen LogP contribution is -2.36. The summed E-state index contributed by atoms with van der Waals surface area (Å²) in [5.41, 5.74) is 1.64. The zero-order chi connectivity index (χ0) is 19.9. The van der Waals surface area contributed by atoms with Crippen molar-refractivity contribution < 1.29 is 14.3 Å². The topological polar surface area (TPSA) is 67.8 Å². The second-order valence-corrected chi connectivity index (χ2v) is 5.24. The number of rotatable bonds is 3. The monoisotopic (exact) mass is 358 g/mol. The third-order valence-electron chi connectivity index (χ3n) is 3.45. The van der Waals surface area contributed by atoms with Crippen LogP contribution in [-0.2, 0) is 14.3 Å². The smallest absolute Gasteiger partial charge is 0.248 e. The molecular formula is C21H30N2O3. The van der Waals surface area contributed by atoms with Crippen molar-refractivity contribution in [2.75, 3.05) is 6.61 Å². The van der Waals surface area contributed by atoms with Crippen molar-refractivity contribution >= 4 is 17.9 Å². The molecule has 1 atom stereocenters. The summed E-state index contributed by atoms with van der Waals surface area (Å²) in [6.45, 7) is 15.3. The summed E-state index contributed by atoms with van der Waals surface area (Å²) in [6.07, 6.45) is 10.4. The number of hydrogen-bond donors (Lipinski definition) is 1. The summed E-state index contributed by atoms with van der Waals surface area (Å²) in [7, 11) is 0. The van der Waals surface area contributed by atoms with Crippen LogP contribution >= 0.6 is 0 Å². The lowest BCUT2D eigenvalue weighted by molar-refractivity contribution is -0.120. The number of hydrogen-bond acceptors (Lipinski definition) is 4. The van der Waals surface area contributed by atoms with Gasteiger partial charge in [0.15, 0.2) is 0 Å². The van der Waals surface area contributed by atoms with E-state index in [0.29, 0.717) is 42.2 Å². The average Bonchev–Trinajstić information content (AvgIpc) is 2.64. The molecule has 0 saturated heterocycles. The van der Waals surface area contributed by atoms with Crippen LogP contribution in [0.25, 0.3) is 0 Å². The zero-order valence-corrected chi connectivity index (χ0v) is 16.2. The van der Waals surface area contributed by atoms with Crippen LogP contribution in [0.5, 0.6) is 0 Å². The first kappa shape index (κ1) is 23.3. The molecule has 0 aromatic heterocycles. The molecule has 0 saturated carbocycles. The minimum atomic E-state index is -0.563. The maximum atomic E-state index is 12.4. The molecule has 5 heteroatoms. The zero-order valence-electron chi connectivity index (χ0n) is 16.2. The van der Waals surface area contributed by atoms with E-state index in [9.17, 15) is 9.59 Å². The number of amides is 1. The first-order valence-corrected chi connectivity index (χ1v) is 8.79. The van der Waals surface area contributed by atoms with Gasteiger partial charge in [-0.3, -0.25) is 4.79 Å². The number of aldehydes is 1. The highest BCUT2D eigenvalue weighted by Crippen LogP contribution is 2.13. The molecule has 1 heterocycles. The molecule has 0 aromatic rings. The number of allylic oxidation sites excluding steroid dienone is 4. The Morgan fingerprint density at radius 1 is 1.27 bits per heavy atom. The molecule has 0 aliphatic carbocycles. The Kier molecular flexibility index (Phi) is 12.2. The SMILES string of the molecule is C=C\C=C1/N=C(C)/C(C=C)=C(/C)C(=O)NC(C=O)C/C=C/CCO1.CC. The molecule has 0 aromatic carbocycles. The Hall–Kier alpha value is -2.69. The molecule has 1 aliphatic heterocycles. The number of carbonyl (C=O) groups excluding carboxylic acids is 2. The van der Waals surface area contributed by atoms with Crippen molar-refractivity contribution in [2.45, 2.75) is 46.6 Å². The standard InChI is InChI=1S/C19H24N2O3.C2H6/c1-5-10-18-20-15(4)17(6-2)14(3)19(23)21-16(13-22)11-8-7-9-12-24-18;1-2/h5-8,10,13,16H,1-2,9,11-12H2,3-4H3,(H,21,23);1-2H3/b8-7+,17-14-,18-10+,20-15+;. The molecule has 1 amide bonds. The molecular weight excluding hydrogens is 328 g/mol. The van der Waals surface area contributed by atoms with E-state index in [-0.39, 0.29) is 5.91 Å². The second kappa shape index (κ2) is 13.6. The lowest BCUT2D eigenvalue weighted by atomic mass is 10.0. The number of aliphatic imine (C=N–C) groups is 1. The quantitative estimate of drug-likeness (QED) is 0.611. The summed E-state index contributed by atoms with van der Waals surface area (Å²) in [5.74, 6) is 0.100. The first-order valence-electron chi connectivity index (χ1n) is 8.79. The molecule has 26 heavy (non-hydrogen) atoms. The maximum absolute atomic E-state index is 12.4. The van der Waals surface area contributed by atoms with Crippen LogP contribution in [0.15, 0.2) is 65.6 Å². The predicted molar refractivity (Wildman–Crippen MR) is 108 cm³/mol. The maximum Gasteiger partial charge on any atom is 0.248 e. The molecule has 142 valence electrons. The third-order valence-corrected chi connectivity index (χ3v) is 3.45. The molecule has 1 unspecified atom stereocenters. The van der Waals surface area contributed by atoms with E-state index in [2.05, 4.69) is 23.5 Å². The Bertz CT molecular complexity index is 625. The van der Waals surface area contributed by atoms with E-state index >= 15 is 0 Å². The summed E-state index contributed by atoms with van der Waals surface area (Å²) >= 11 is 0. The summed E-state index contributed by atoms with van der Waals surface area (Å²) in [6, 6.07) is -0.563. The van der Waals surface area contributed by atoms with Gasteiger partial charge in [-0.25, -0.2) is 4.99 Å². The van der Waals surface area contributed by atoms with Gasteiger partial charge in [-0.1, -0.05) is 51.3 Å². The lowest BCUT2D eigenvalue weighted by Gasteiger charge is -2.14.